The molecule has 134 heavy (non-hydrogen) atoms. The maximum Gasteiger partial charge on any atom is 0.435 e. The van der Waals surface area contributed by atoms with Crippen LogP contribution in [-0.4, -0.2) is 229 Å². The number of phenolic OH excluding ortho intramolecular Hbond substituents is 1. The van der Waals surface area contributed by atoms with Crippen molar-refractivity contribution in [2.45, 2.75) is 136 Å². The van der Waals surface area contributed by atoms with Gasteiger partial charge >= 0.3 is 30.4 Å². The van der Waals surface area contributed by atoms with Crippen LogP contribution in [0, 0.1) is 26.7 Å². The summed E-state index contributed by atoms with van der Waals surface area (Å²) < 4.78 is 138. The number of Topliss-reactive ketones (excluding diaryl/α,β-unsaturated/α-hetero) is 1. The molecule has 0 radical (unpaired) electrons. The molecule has 4 fully saturated rings. The number of ketones is 1. The fourth-order valence-corrected chi connectivity index (χ4v) is 14.3. The number of aromatic hydroxyl groups is 1. The largest absolute Gasteiger partial charge is 0.507 e. The molecule has 5 amide bonds. The summed E-state index contributed by atoms with van der Waals surface area (Å²) in [6, 6.07) is 40.5. The second-order valence-electron chi connectivity index (χ2n) is 30.4. The molecule has 10 heterocycles. The van der Waals surface area contributed by atoms with Gasteiger partial charge in [-0.05, 0) is 246 Å². The second kappa shape index (κ2) is 59.9. The number of rotatable bonds is 15. The van der Waals surface area contributed by atoms with Crippen molar-refractivity contribution in [3.05, 3.63) is 216 Å². The molecule has 0 aliphatic carbocycles. The third-order valence-electron chi connectivity index (χ3n) is 19.1. The molecule has 14 rings (SSSR count). The Hall–Kier alpha value is -10.7. The average Bonchev–Trinajstić information content (AvgIpc) is 1.67. The van der Waals surface area contributed by atoms with Gasteiger partial charge in [0.25, 0.3) is 11.8 Å². The Morgan fingerprint density at radius 3 is 1.68 bits per heavy atom. The highest BCUT2D eigenvalue weighted by Crippen LogP contribution is 2.35. The predicted octanol–water partition coefficient (Wildman–Crippen LogP) is 19.5. The first kappa shape index (κ1) is 117. The number of thioether (sulfide) groups is 1. The van der Waals surface area contributed by atoms with Crippen LogP contribution in [0.15, 0.2) is 162 Å². The summed E-state index contributed by atoms with van der Waals surface area (Å²) in [4.78, 5) is 93.6. The normalized spacial score (nSPS) is 13.6. The number of hydrogen-bond acceptors (Lipinski definition) is 24. The van der Waals surface area contributed by atoms with Crippen LogP contribution in [0.2, 0.25) is 10.0 Å². The molecule has 10 aromatic rings. The van der Waals surface area contributed by atoms with E-state index in [-0.39, 0.29) is 78.1 Å². The zero-order valence-electron chi connectivity index (χ0n) is 78.8. The van der Waals surface area contributed by atoms with Crippen molar-refractivity contribution in [2.24, 2.45) is 20.0 Å². The lowest BCUT2D eigenvalue weighted by Gasteiger charge is -2.30. The number of anilines is 3. The number of aromatic nitrogens is 8. The standard InChI is InChI=1S/C12H14N2O2.C10H10F2N2S.C8H7Cl2NO.C8H10N2O2S.C8H9NO2.C8H10OS.C8H10.C7H12F3N.C7H11N3O4S.C6H13N.C5H5F3N2.C5H11N/c1-8-4-5-10(6-9(8)2)14-7-11(15)13(3)12(14)16;1-10(11,12)9-6-7(14(2)13-9)8-4-3-5-15-8;1-5(12)11-6-2-3-7(9)8(10)4-6;1-5-4-6(7(11)12-2)10-8(9-5)13-3;1-9-8(11)6-4-2-3-5-7(6)10;1-7(9)4-5-8-3-2-6-10-8;1-2-8-6-4-3-5-7-8;1-11-4-2-6(3-5-11)7(8,9)10;1-13-6-4-5(10-15(3,11)12)8-7(9-6)14-2;1-7-5-3-2-4-6-7;1-10-3-2-4(9-10)5(6,7)8;1-6-4-2-3-5-6/h4-6H,7H2,1-3H3;3-6H,1-2H3;2-4H,1H3,(H,11,12);4H,1-3H3;2-5,10H,1H3,(H,9,11);2-3,6H,4-5H2,1H3;3-7H,2H2,1H3;6H,2-5H2,1H3;4H,1-3H3,(H,8,9,10);2-6H2,1H3;2-3H,1H3;2-5H2,1H3. The highest BCUT2D eigenvalue weighted by molar-refractivity contribution is 7.98. The molecule has 42 heteroatoms. The number of para-hydroxylation sites is 1. The Morgan fingerprint density at radius 1 is 0.657 bits per heavy atom. The van der Waals surface area contributed by atoms with Gasteiger partial charge in [-0.25, -0.2) is 28.0 Å². The maximum atomic E-state index is 13.0. The van der Waals surface area contributed by atoms with Gasteiger partial charge in [0, 0.05) is 82.7 Å². The molecule has 6 aromatic heterocycles. The number of ether oxygens (including phenoxy) is 3. The Labute approximate surface area is 802 Å². The van der Waals surface area contributed by atoms with E-state index >= 15 is 0 Å². The monoisotopic (exact) mass is 1990 g/mol. The summed E-state index contributed by atoms with van der Waals surface area (Å²) in [6.07, 6.45) is 6.20. The van der Waals surface area contributed by atoms with Crippen molar-refractivity contribution in [3.63, 3.8) is 0 Å². The van der Waals surface area contributed by atoms with Gasteiger partial charge in [-0.2, -0.15) is 55.3 Å². The maximum absolute atomic E-state index is 13.0. The number of amides is 5. The van der Waals surface area contributed by atoms with E-state index in [9.17, 15) is 72.3 Å². The van der Waals surface area contributed by atoms with Gasteiger partial charge in [0.2, 0.25) is 27.7 Å². The molecule has 0 atom stereocenters. The predicted molar refractivity (Wildman–Crippen MR) is 515 cm³/mol. The van der Waals surface area contributed by atoms with Crippen molar-refractivity contribution in [3.8, 4) is 28.2 Å². The summed E-state index contributed by atoms with van der Waals surface area (Å²) in [6.45, 7) is 18.5. The van der Waals surface area contributed by atoms with E-state index in [1.54, 1.807) is 67.8 Å². The van der Waals surface area contributed by atoms with Gasteiger partial charge in [-0.1, -0.05) is 109 Å². The minimum absolute atomic E-state index is 0.00634. The SMILES string of the molecule is CC(=O)CCc1cccs1.CC(=O)Nc1ccc(Cl)c(Cl)c1.CCc1ccccc1.CN1CCC(C(F)(F)F)CC1.CN1CCCC1.CN1CCCCC1.CNC(=O)c1ccccc1O.COC(=O)c1cc(C)nc(SC)n1.COc1cc(NS(C)(=O)=O)nc(OC)n1.Cc1ccc(N2CC(=O)N(C)C2=O)cc1C.Cn1ccc(C(F)(F)F)n1.Cn1nc(C(C)(F)F)cc1-c1cccs1. The number of esters is 1. The van der Waals surface area contributed by atoms with Crippen LogP contribution in [0.3, 0.4) is 0 Å². The fourth-order valence-electron chi connectivity index (χ4n) is 11.6. The zero-order chi connectivity index (χ0) is 101. The van der Waals surface area contributed by atoms with Gasteiger partial charge in [0.1, 0.15) is 23.8 Å². The third-order valence-corrected chi connectivity index (χ3v) is 22.8. The van der Waals surface area contributed by atoms with Crippen LogP contribution in [0.25, 0.3) is 10.6 Å². The highest BCUT2D eigenvalue weighted by Gasteiger charge is 2.41. The van der Waals surface area contributed by atoms with Gasteiger partial charge < -0.3 is 49.4 Å². The van der Waals surface area contributed by atoms with Gasteiger partial charge in [-0.3, -0.25) is 38.3 Å². The molecule has 28 nitrogen and oxygen atoms in total. The van der Waals surface area contributed by atoms with Gasteiger partial charge in [0.15, 0.2) is 22.4 Å². The molecule has 4 aliphatic rings. The summed E-state index contributed by atoms with van der Waals surface area (Å²) >= 11 is 16.0. The van der Waals surface area contributed by atoms with E-state index in [1.807, 2.05) is 92.2 Å². The molecule has 4 saturated heterocycles. The molecular weight excluding hydrogens is 1870 g/mol. The minimum Gasteiger partial charge on any atom is -0.507 e. The summed E-state index contributed by atoms with van der Waals surface area (Å²) in [5, 5.41) is 26.6. The Bertz CT molecular complexity index is 5290. The average molecular weight is 2000 g/mol. The number of imide groups is 1. The van der Waals surface area contributed by atoms with E-state index in [0.717, 1.165) is 69.2 Å². The van der Waals surface area contributed by atoms with Crippen molar-refractivity contribution in [1.82, 2.24) is 64.4 Å². The molecule has 0 spiro atoms. The van der Waals surface area contributed by atoms with Crippen molar-refractivity contribution in [1.29, 1.82) is 0 Å². The lowest BCUT2D eigenvalue weighted by molar-refractivity contribution is -0.184. The molecule has 4 aliphatic heterocycles. The van der Waals surface area contributed by atoms with Crippen LogP contribution in [0.4, 0.5) is 57.1 Å². The number of likely N-dealkylation sites (N-methyl/N-ethyl adjacent to an activating group) is 1. The number of methoxy groups -OCH3 is 3. The minimum atomic E-state index is -4.32. The summed E-state index contributed by atoms with van der Waals surface area (Å²) in [5.74, 6) is -4.35. The number of nitrogens with one attached hydrogen (secondary N) is 3. The number of urea groups is 1. The molecule has 4 N–H and O–H groups in total. The second-order valence-corrected chi connectivity index (χ2v) is 35.7. The first-order valence-corrected chi connectivity index (χ1v) is 47.6. The number of phenols is 1. The lowest BCUT2D eigenvalue weighted by atomic mass is 9.97. The van der Waals surface area contributed by atoms with E-state index in [0.29, 0.717) is 51.7 Å². The van der Waals surface area contributed by atoms with E-state index in [2.05, 4.69) is 111 Å². The number of benzene rings is 4. The van der Waals surface area contributed by atoms with Crippen molar-refractivity contribution in [2.75, 3.05) is 130 Å². The molecular formula is C92H122Cl2F8N16O12S4. The topological polar surface area (TPSA) is 324 Å². The van der Waals surface area contributed by atoms with E-state index in [1.165, 1.54) is 181 Å². The number of carbonyl (C=O) groups excluding carboxylic acids is 6. The third kappa shape index (κ3) is 46.5. The number of carbonyl (C=O) groups is 6. The number of nitrogens with zero attached hydrogens (tertiary/aromatic N) is 13. The van der Waals surface area contributed by atoms with Crippen LogP contribution < -0.4 is 29.7 Å². The molecule has 0 bridgehead atoms. The number of halogens is 10. The highest BCUT2D eigenvalue weighted by atomic mass is 35.5. The number of thiophene rings is 2. The number of piperidine rings is 2. The number of hydrogen-bond donors (Lipinski definition) is 4. The van der Waals surface area contributed by atoms with Crippen LogP contribution >= 0.6 is 57.6 Å². The quantitative estimate of drug-likeness (QED) is 0.0243. The lowest BCUT2D eigenvalue weighted by Crippen LogP contribution is -2.36. The molecule has 736 valence electrons. The number of likely N-dealkylation sites (tertiary alicyclic amines) is 3. The smallest absolute Gasteiger partial charge is 0.435 e. The van der Waals surface area contributed by atoms with Crippen LogP contribution in [-0.2, 0) is 68.2 Å². The van der Waals surface area contributed by atoms with E-state index < -0.39 is 45.9 Å². The van der Waals surface area contributed by atoms with Gasteiger partial charge in [0.05, 0.1) is 59.7 Å². The number of sulfonamides is 1. The Balaban J connectivity index is 0.000000379. The van der Waals surface area contributed by atoms with Crippen molar-refractivity contribution < 1.29 is 91.6 Å². The first-order chi connectivity index (χ1) is 62.9. The molecule has 0 saturated carbocycles. The van der Waals surface area contributed by atoms with E-state index in [4.69, 9.17) is 37.8 Å². The molecule has 4 aromatic carbocycles. The van der Waals surface area contributed by atoms with Crippen LogP contribution in [0.5, 0.6) is 17.6 Å². The Morgan fingerprint density at radius 2 is 1.25 bits per heavy atom. The van der Waals surface area contributed by atoms with Gasteiger partial charge in [-0.15, -0.1) is 22.7 Å². The van der Waals surface area contributed by atoms with Crippen LogP contribution in [0.1, 0.15) is 139 Å². The first-order valence-electron chi connectivity index (χ1n) is 42.0. The molecule has 0 unspecified atom stereocenters. The Kier molecular flexibility index (Phi) is 52.5. The zero-order valence-corrected chi connectivity index (χ0v) is 83.6. The number of alkyl halides is 8. The number of aryl methyl sites for hydroxylation is 7. The summed E-state index contributed by atoms with van der Waals surface area (Å²) in [7, 11) is 13.1. The fraction of sp³-hybridized carbons (Fsp3) is 0.435. The van der Waals surface area contributed by atoms with Crippen molar-refractivity contribution >= 4 is 120 Å². The summed E-state index contributed by atoms with van der Waals surface area (Å²) in [5.41, 5.74) is 6.19.